The number of methoxy groups -OCH3 is 2. The van der Waals surface area contributed by atoms with Crippen molar-refractivity contribution in [2.45, 2.75) is 39.9 Å². The number of piperazine rings is 1. The normalized spacial score (nSPS) is 13.8. The first-order valence-electron chi connectivity index (χ1n) is 17.1. The number of carbonyl (C=O) groups excluding carboxylic acids is 1. The van der Waals surface area contributed by atoms with Gasteiger partial charge in [0.05, 0.1) is 32.9 Å². The van der Waals surface area contributed by atoms with Crippen LogP contribution in [0.25, 0.3) is 0 Å². The number of carbonyl (C=O) groups is 1. The smallest absolute Gasteiger partial charge is 0.421 e. The van der Waals surface area contributed by atoms with Gasteiger partial charge in [-0.25, -0.2) is 9.78 Å². The Morgan fingerprint density at radius 1 is 0.943 bits per heavy atom. The van der Waals surface area contributed by atoms with Gasteiger partial charge in [-0.15, -0.1) is 0 Å². The van der Waals surface area contributed by atoms with Crippen molar-refractivity contribution in [2.75, 3.05) is 70.8 Å². The lowest BCUT2D eigenvalue weighted by Crippen LogP contribution is -2.44. The van der Waals surface area contributed by atoms with Crippen molar-refractivity contribution < 1.29 is 36.9 Å². The molecule has 15 heteroatoms. The van der Waals surface area contributed by atoms with Gasteiger partial charge in [0.1, 0.15) is 11.6 Å². The molecule has 53 heavy (non-hydrogen) atoms. The summed E-state index contributed by atoms with van der Waals surface area (Å²) in [5.74, 6) is 1.71. The number of halogens is 4. The number of hydrogen-bond acceptors (Lipinski definition) is 10. The molecule has 1 aromatic heterocycles. The number of benzene rings is 3. The summed E-state index contributed by atoms with van der Waals surface area (Å²) in [5.41, 5.74) is 2.03. The third-order valence-corrected chi connectivity index (χ3v) is 9.18. The summed E-state index contributed by atoms with van der Waals surface area (Å²) in [4.78, 5) is 28.6. The molecular formula is C38H44ClF3N6O5. The van der Waals surface area contributed by atoms with Gasteiger partial charge in [-0.3, -0.25) is 4.90 Å². The number of nitrogens with zero attached hydrogens (tertiary/aromatic N) is 5. The molecule has 0 radical (unpaired) electrons. The van der Waals surface area contributed by atoms with E-state index in [0.29, 0.717) is 46.4 Å². The Kier molecular flexibility index (Phi) is 12.9. The standard InChI is InChI=1S/C38H44ClF3N6O5/c1-24-18-25(2)34(26(3)19-24)53-37(49)48(23-27-20-28(38(40,41)42)8-9-30(27)39)33-10-11-43-36(45-33)44-29-21-31(50-5)35(51-6)32(22-29)52-17-7-12-47-15-13-46(4)14-16-47/h8-11,18-22H,7,12-17,23H2,1-6H3,(H,43,44,45). The Hall–Kier alpha value is -4.79. The zero-order valence-corrected chi connectivity index (χ0v) is 31.4. The zero-order valence-electron chi connectivity index (χ0n) is 30.6. The number of aryl methyl sites for hydroxylation is 3. The highest BCUT2D eigenvalue weighted by atomic mass is 35.5. The summed E-state index contributed by atoms with van der Waals surface area (Å²) in [6.45, 7) is 10.6. The number of hydrogen-bond donors (Lipinski definition) is 1. The minimum atomic E-state index is -4.63. The number of aromatic nitrogens is 2. The number of rotatable bonds is 13. The van der Waals surface area contributed by atoms with Crippen LogP contribution in [0, 0.1) is 20.8 Å². The van der Waals surface area contributed by atoms with Crippen LogP contribution in [-0.4, -0.2) is 86.5 Å². The Bertz CT molecular complexity index is 1880. The monoisotopic (exact) mass is 756 g/mol. The molecule has 5 rings (SSSR count). The molecule has 0 saturated carbocycles. The lowest BCUT2D eigenvalue weighted by Gasteiger charge is -2.32. The van der Waals surface area contributed by atoms with E-state index in [4.69, 9.17) is 30.5 Å². The largest absolute Gasteiger partial charge is 0.493 e. The lowest BCUT2D eigenvalue weighted by atomic mass is 10.1. The number of nitrogens with one attached hydrogen (secondary N) is 1. The maximum Gasteiger partial charge on any atom is 0.421 e. The predicted molar refractivity (Wildman–Crippen MR) is 198 cm³/mol. The molecule has 0 aliphatic carbocycles. The van der Waals surface area contributed by atoms with Crippen LogP contribution in [-0.2, 0) is 12.7 Å². The minimum Gasteiger partial charge on any atom is -0.493 e. The summed E-state index contributed by atoms with van der Waals surface area (Å²) in [6, 6.07) is 11.5. The Morgan fingerprint density at radius 2 is 1.64 bits per heavy atom. The molecule has 1 aliphatic heterocycles. The molecule has 284 valence electrons. The Morgan fingerprint density at radius 3 is 2.30 bits per heavy atom. The first-order valence-corrected chi connectivity index (χ1v) is 17.5. The van der Waals surface area contributed by atoms with Crippen LogP contribution in [0.2, 0.25) is 5.02 Å². The van der Waals surface area contributed by atoms with Gasteiger partial charge in [0.15, 0.2) is 11.5 Å². The molecule has 2 heterocycles. The van der Waals surface area contributed by atoms with Crippen molar-refractivity contribution in [1.29, 1.82) is 0 Å². The highest BCUT2D eigenvalue weighted by Crippen LogP contribution is 2.41. The van der Waals surface area contributed by atoms with E-state index in [-0.39, 0.29) is 28.9 Å². The molecule has 0 unspecified atom stereocenters. The predicted octanol–water partition coefficient (Wildman–Crippen LogP) is 8.06. The molecule has 1 amide bonds. The summed E-state index contributed by atoms with van der Waals surface area (Å²) in [5, 5.41) is 3.16. The SMILES string of the molecule is COc1cc(Nc2nccc(N(Cc3cc(C(F)(F)F)ccc3Cl)C(=O)Oc3c(C)cc(C)cc3C)n2)cc(OCCCN2CCN(C)CC2)c1OC. The van der Waals surface area contributed by atoms with Gasteiger partial charge >= 0.3 is 12.3 Å². The molecule has 0 bridgehead atoms. The summed E-state index contributed by atoms with van der Waals surface area (Å²) in [7, 11) is 5.16. The fourth-order valence-corrected chi connectivity index (χ4v) is 6.27. The van der Waals surface area contributed by atoms with Crippen LogP contribution in [0.3, 0.4) is 0 Å². The van der Waals surface area contributed by atoms with Gasteiger partial charge in [0, 0.05) is 61.8 Å². The number of ether oxygens (including phenoxy) is 4. The summed E-state index contributed by atoms with van der Waals surface area (Å²) in [6.07, 6.45) is -3.28. The van der Waals surface area contributed by atoms with Gasteiger partial charge in [-0.05, 0) is 75.2 Å². The van der Waals surface area contributed by atoms with Crippen molar-refractivity contribution in [3.63, 3.8) is 0 Å². The average Bonchev–Trinajstić information content (AvgIpc) is 3.11. The first-order chi connectivity index (χ1) is 25.2. The van der Waals surface area contributed by atoms with Crippen molar-refractivity contribution >= 4 is 35.1 Å². The van der Waals surface area contributed by atoms with Crippen LogP contribution < -0.4 is 29.2 Å². The van der Waals surface area contributed by atoms with Gasteiger partial charge in [-0.2, -0.15) is 18.2 Å². The molecule has 0 spiro atoms. The molecule has 11 nitrogen and oxygen atoms in total. The van der Waals surface area contributed by atoms with Crippen LogP contribution in [0.1, 0.15) is 34.2 Å². The van der Waals surface area contributed by atoms with E-state index in [2.05, 4.69) is 32.1 Å². The summed E-state index contributed by atoms with van der Waals surface area (Å²) < 4.78 is 64.3. The Labute approximate surface area is 312 Å². The van der Waals surface area contributed by atoms with Crippen LogP contribution in [0.15, 0.2) is 54.7 Å². The minimum absolute atomic E-state index is 0.0345. The van der Waals surface area contributed by atoms with Crippen LogP contribution in [0.5, 0.6) is 23.0 Å². The van der Waals surface area contributed by atoms with Gasteiger partial charge < -0.3 is 34.1 Å². The zero-order chi connectivity index (χ0) is 38.3. The molecule has 3 aromatic carbocycles. The van der Waals surface area contributed by atoms with E-state index in [1.54, 1.807) is 26.0 Å². The second-order valence-electron chi connectivity index (χ2n) is 12.9. The van der Waals surface area contributed by atoms with Crippen molar-refractivity contribution in [3.8, 4) is 23.0 Å². The van der Waals surface area contributed by atoms with E-state index >= 15 is 0 Å². The number of amides is 1. The van der Waals surface area contributed by atoms with E-state index in [1.165, 1.54) is 26.5 Å². The van der Waals surface area contributed by atoms with Crippen molar-refractivity contribution in [3.05, 3.63) is 87.6 Å². The lowest BCUT2D eigenvalue weighted by molar-refractivity contribution is -0.137. The molecule has 0 atom stereocenters. The number of likely N-dealkylation sites (N-methyl/N-ethyl adjacent to an activating group) is 1. The van der Waals surface area contributed by atoms with Crippen molar-refractivity contribution in [1.82, 2.24) is 19.8 Å². The average molecular weight is 757 g/mol. The third kappa shape index (κ3) is 10.2. The topological polar surface area (TPSA) is 102 Å². The maximum atomic E-state index is 13.9. The van der Waals surface area contributed by atoms with Crippen molar-refractivity contribution in [2.24, 2.45) is 0 Å². The second-order valence-corrected chi connectivity index (χ2v) is 13.3. The molecular weight excluding hydrogens is 713 g/mol. The molecule has 4 aromatic rings. The summed E-state index contributed by atoms with van der Waals surface area (Å²) >= 11 is 6.38. The van der Waals surface area contributed by atoms with Gasteiger partial charge in [0.25, 0.3) is 0 Å². The van der Waals surface area contributed by atoms with Crippen LogP contribution >= 0.6 is 11.6 Å². The van der Waals surface area contributed by atoms with E-state index in [9.17, 15) is 18.0 Å². The number of alkyl halides is 3. The molecule has 1 saturated heterocycles. The molecule has 1 aliphatic rings. The second kappa shape index (κ2) is 17.4. The molecule has 1 fully saturated rings. The highest BCUT2D eigenvalue weighted by molar-refractivity contribution is 6.31. The van der Waals surface area contributed by atoms with Gasteiger partial charge in [-0.1, -0.05) is 29.3 Å². The van der Waals surface area contributed by atoms with E-state index < -0.39 is 17.8 Å². The maximum absolute atomic E-state index is 13.9. The highest BCUT2D eigenvalue weighted by Gasteiger charge is 2.32. The van der Waals surface area contributed by atoms with Gasteiger partial charge in [0.2, 0.25) is 11.7 Å². The van der Waals surface area contributed by atoms with Crippen LogP contribution in [0.4, 0.5) is 35.4 Å². The first kappa shape index (κ1) is 39.4. The Balaban J connectivity index is 1.42. The fraction of sp³-hybridized carbons (Fsp3) is 0.395. The third-order valence-electron chi connectivity index (χ3n) is 8.81. The fourth-order valence-electron chi connectivity index (χ4n) is 6.09. The number of anilines is 3. The quantitative estimate of drug-likeness (QED) is 0.135. The van der Waals surface area contributed by atoms with E-state index in [0.717, 1.165) is 67.8 Å². The molecule has 1 N–H and O–H groups in total. The van der Waals surface area contributed by atoms with E-state index in [1.807, 2.05) is 19.1 Å².